The highest BCUT2D eigenvalue weighted by Crippen LogP contribution is 2.41. The molecule has 1 saturated carbocycles. The van der Waals surface area contributed by atoms with E-state index in [1.54, 1.807) is 39.4 Å². The van der Waals surface area contributed by atoms with Gasteiger partial charge in [-0.3, -0.25) is 24.1 Å². The van der Waals surface area contributed by atoms with Crippen molar-refractivity contribution in [3.8, 4) is 11.5 Å². The summed E-state index contributed by atoms with van der Waals surface area (Å²) in [7, 11) is 1.42. The number of pyridine rings is 1. The zero-order chi connectivity index (χ0) is 39.5. The minimum absolute atomic E-state index is 0.0261. The van der Waals surface area contributed by atoms with Crippen molar-refractivity contribution in [2.24, 2.45) is 5.16 Å². The number of ether oxygens (including phenoxy) is 1. The van der Waals surface area contributed by atoms with Gasteiger partial charge < -0.3 is 41.1 Å². The number of nitrogens with zero attached hydrogens (tertiary/aromatic N) is 5. The number of carboxylic acids is 1. The zero-order valence-electron chi connectivity index (χ0n) is 30.2. The molecule has 0 radical (unpaired) electrons. The Morgan fingerprint density at radius 3 is 2.62 bits per heavy atom. The minimum atomic E-state index is -1.32. The fourth-order valence-corrected chi connectivity index (χ4v) is 8.74. The number of fused-ring (bicyclic) bond motifs is 1. The normalized spacial score (nSPS) is 20.6. The summed E-state index contributed by atoms with van der Waals surface area (Å²) < 4.78 is 6.77. The number of allylic oxidation sites excluding steroid dienone is 1. The van der Waals surface area contributed by atoms with Crippen LogP contribution < -0.4 is 25.7 Å². The second-order valence-electron chi connectivity index (χ2n) is 13.5. The molecular weight excluding hydrogens is 765 g/mol. The largest absolute Gasteiger partial charge is 0.504 e. The van der Waals surface area contributed by atoms with Crippen LogP contribution in [0.3, 0.4) is 0 Å². The minimum Gasteiger partial charge on any atom is -0.504 e. The van der Waals surface area contributed by atoms with Crippen LogP contribution in [0.15, 0.2) is 76.2 Å². The lowest BCUT2D eigenvalue weighted by molar-refractivity contribution is -0.684. The van der Waals surface area contributed by atoms with Crippen molar-refractivity contribution in [3.05, 3.63) is 82.3 Å². The van der Waals surface area contributed by atoms with Crippen molar-refractivity contribution in [1.29, 1.82) is 0 Å². The number of oxime groups is 1. The van der Waals surface area contributed by atoms with Crippen LogP contribution in [-0.4, -0.2) is 97.2 Å². The number of thioether (sulfide) groups is 1. The number of carbonyl (C=O) groups excluding carboxylic acids is 4. The van der Waals surface area contributed by atoms with Gasteiger partial charge in [-0.2, -0.15) is 4.57 Å². The maximum Gasteiger partial charge on any atom is 0.352 e. The Kier molecular flexibility index (Phi) is 11.2. The Labute approximate surface area is 328 Å². The van der Waals surface area contributed by atoms with Crippen molar-refractivity contribution in [2.75, 3.05) is 30.5 Å². The second kappa shape index (κ2) is 16.4. The number of β-lactam (4-membered cyclic amide) rings is 1. The number of carboxylic acid groups (broad SMARTS) is 1. The molecule has 0 spiro atoms. The number of hydrogen-bond acceptors (Lipinski definition) is 13. The summed E-state index contributed by atoms with van der Waals surface area (Å²) in [6.45, 7) is 0.742. The Hall–Kier alpha value is -5.95. The van der Waals surface area contributed by atoms with E-state index in [0.29, 0.717) is 36.3 Å². The van der Waals surface area contributed by atoms with Crippen LogP contribution in [0.25, 0.3) is 0 Å². The van der Waals surface area contributed by atoms with Crippen molar-refractivity contribution < 1.29 is 48.3 Å². The van der Waals surface area contributed by atoms with Crippen LogP contribution in [0, 0.1) is 0 Å². The monoisotopic (exact) mass is 803 g/mol. The molecule has 4 amide bonds. The molecule has 1 aromatic carbocycles. The molecule has 2 atom stereocenters. The van der Waals surface area contributed by atoms with Crippen molar-refractivity contribution >= 4 is 69.2 Å². The van der Waals surface area contributed by atoms with Crippen LogP contribution in [0.1, 0.15) is 43.4 Å². The van der Waals surface area contributed by atoms with Gasteiger partial charge in [0.05, 0.1) is 7.11 Å². The first-order valence-corrected chi connectivity index (χ1v) is 19.7. The standard InChI is InChI=1S/C37H38N8O9S2/c1-53-27-15-23(6-7-26(27)46)39-28(47)17-43-11-8-20(9-12-43)16-44-13-10-21(33(44)49)14-22-18-55-35-30(34(50)45(35)31(22)36(51)52)41-32(48)29(25-19-56-37(38)40-25)42-54-24-4-2-3-5-24/h6-9,11-12,14-15,19,24,30,35H,2-5,10,13,16-18H2,1H3,(H5-,38,39,40,41,42,46,47,48,51,52)/p+1/b21-14+/t30-,35-/m1/s1. The highest BCUT2D eigenvalue weighted by Gasteiger charge is 2.54. The fraction of sp³-hybridized carbons (Fsp3) is 0.351. The zero-order valence-corrected chi connectivity index (χ0v) is 31.8. The molecule has 6 N–H and O–H groups in total. The summed E-state index contributed by atoms with van der Waals surface area (Å²) in [5, 5.41) is 30.7. The van der Waals surface area contributed by atoms with Crippen LogP contribution in [-0.2, 0) is 41.9 Å². The number of aliphatic carboxylic acids is 1. The number of likely N-dealkylation sites (tertiary alicyclic amines) is 1. The van der Waals surface area contributed by atoms with E-state index in [2.05, 4.69) is 20.8 Å². The lowest BCUT2D eigenvalue weighted by atomic mass is 10.0. The van der Waals surface area contributed by atoms with Gasteiger partial charge in [0.1, 0.15) is 28.9 Å². The van der Waals surface area contributed by atoms with E-state index in [0.717, 1.165) is 47.5 Å². The third-order valence-electron chi connectivity index (χ3n) is 9.75. The number of phenols is 1. The Balaban J connectivity index is 0.973. The van der Waals surface area contributed by atoms with Gasteiger partial charge in [-0.25, -0.2) is 9.78 Å². The summed E-state index contributed by atoms with van der Waals surface area (Å²) >= 11 is 2.42. The highest BCUT2D eigenvalue weighted by molar-refractivity contribution is 8.00. The van der Waals surface area contributed by atoms with Gasteiger partial charge in [0.15, 0.2) is 34.7 Å². The molecule has 2 aromatic heterocycles. The number of methoxy groups -OCH3 is 1. The van der Waals surface area contributed by atoms with Crippen LogP contribution in [0.4, 0.5) is 10.8 Å². The topological polar surface area (TPSA) is 230 Å². The third kappa shape index (κ3) is 8.18. The Bertz CT molecular complexity index is 2160. The van der Waals surface area contributed by atoms with Crippen molar-refractivity contribution in [1.82, 2.24) is 20.1 Å². The molecule has 5 heterocycles. The number of nitrogen functional groups attached to an aromatic ring is 1. The van der Waals surface area contributed by atoms with Gasteiger partial charge in [-0.15, -0.1) is 23.1 Å². The molecule has 17 nitrogen and oxygen atoms in total. The fourth-order valence-electron chi connectivity index (χ4n) is 6.89. The van der Waals surface area contributed by atoms with Gasteiger partial charge in [0.25, 0.3) is 17.7 Å². The summed E-state index contributed by atoms with van der Waals surface area (Å²) in [4.78, 5) is 78.1. The molecular formula is C37H39N8O9S2+. The maximum atomic E-state index is 13.5. The molecule has 19 heteroatoms. The van der Waals surface area contributed by atoms with Crippen molar-refractivity contribution in [3.63, 3.8) is 0 Å². The number of anilines is 2. The number of rotatable bonds is 13. The third-order valence-corrected chi connectivity index (χ3v) is 11.7. The summed E-state index contributed by atoms with van der Waals surface area (Å²) in [5.41, 5.74) is 7.73. The highest BCUT2D eigenvalue weighted by atomic mass is 32.2. The maximum absolute atomic E-state index is 13.5. The number of thiazole rings is 1. The number of aromatic nitrogens is 2. The molecule has 292 valence electrons. The van der Waals surface area contributed by atoms with Gasteiger partial charge in [-0.05, 0) is 61.4 Å². The van der Waals surface area contributed by atoms with E-state index in [9.17, 15) is 34.2 Å². The predicted molar refractivity (Wildman–Crippen MR) is 204 cm³/mol. The van der Waals surface area contributed by atoms with E-state index >= 15 is 0 Å². The molecule has 3 aromatic rings. The summed E-state index contributed by atoms with van der Waals surface area (Å²) in [5.74, 6) is -2.75. The number of amides is 4. The van der Waals surface area contributed by atoms with E-state index in [1.807, 2.05) is 12.1 Å². The van der Waals surface area contributed by atoms with Gasteiger partial charge >= 0.3 is 5.97 Å². The molecule has 4 aliphatic rings. The molecule has 0 bridgehead atoms. The first-order chi connectivity index (χ1) is 27.0. The van der Waals surface area contributed by atoms with E-state index < -0.39 is 29.2 Å². The first kappa shape index (κ1) is 38.3. The van der Waals surface area contributed by atoms with E-state index in [1.165, 1.54) is 31.0 Å². The van der Waals surface area contributed by atoms with Crippen LogP contribution in [0.2, 0.25) is 0 Å². The molecule has 3 fully saturated rings. The van der Waals surface area contributed by atoms with Crippen LogP contribution >= 0.6 is 23.1 Å². The molecule has 1 aliphatic carbocycles. The molecule has 2 saturated heterocycles. The molecule has 56 heavy (non-hydrogen) atoms. The Morgan fingerprint density at radius 1 is 1.16 bits per heavy atom. The Morgan fingerprint density at radius 2 is 1.93 bits per heavy atom. The van der Waals surface area contributed by atoms with E-state index in [4.69, 9.17) is 15.3 Å². The smallest absolute Gasteiger partial charge is 0.352 e. The quantitative estimate of drug-likeness (QED) is 0.0418. The predicted octanol–water partition coefficient (Wildman–Crippen LogP) is 2.13. The number of benzene rings is 1. The first-order valence-electron chi connectivity index (χ1n) is 17.8. The number of nitrogens with two attached hydrogens (primary N) is 1. The average molecular weight is 804 g/mol. The number of carbonyl (C=O) groups is 5. The van der Waals surface area contributed by atoms with Gasteiger partial charge in [-0.1, -0.05) is 5.16 Å². The number of aromatic hydroxyl groups is 1. The molecule has 7 rings (SSSR count). The average Bonchev–Trinajstić information content (AvgIpc) is 3.94. The number of hydrogen-bond donors (Lipinski definition) is 5. The summed E-state index contributed by atoms with van der Waals surface area (Å²) in [6, 6.07) is 7.11. The summed E-state index contributed by atoms with van der Waals surface area (Å²) in [6.07, 6.45) is 8.92. The lowest BCUT2D eigenvalue weighted by Crippen LogP contribution is -2.71. The molecule has 0 unspecified atom stereocenters. The van der Waals surface area contributed by atoms with Crippen LogP contribution in [0.5, 0.6) is 11.5 Å². The number of phenolic OH excluding ortho intramolecular Hbond substituents is 1. The number of nitrogens with one attached hydrogen (secondary N) is 2. The van der Waals surface area contributed by atoms with E-state index in [-0.39, 0.29) is 63.9 Å². The van der Waals surface area contributed by atoms with Gasteiger partial charge in [0, 0.05) is 53.7 Å². The lowest BCUT2D eigenvalue weighted by Gasteiger charge is -2.49. The SMILES string of the molecule is COc1cc(NC(=O)C[n+]2ccc(CN3CC/C(=C\C4=C(C(=O)O)N5C(=O)[C@@H](NC(=O)/C(=N\OC6CCCC6)c6csc(N)n6)[C@H]5SC4)C3=O)cc2)ccc1O. The van der Waals surface area contributed by atoms with Crippen molar-refractivity contribution in [2.45, 2.75) is 62.7 Å². The molecule has 3 aliphatic heterocycles. The second-order valence-corrected chi connectivity index (χ2v) is 15.5. The van der Waals surface area contributed by atoms with Gasteiger partial charge in [0.2, 0.25) is 12.5 Å².